The van der Waals surface area contributed by atoms with Gasteiger partial charge in [-0.1, -0.05) is 29.8 Å². The number of hydrogen-bond acceptors (Lipinski definition) is 1. The van der Waals surface area contributed by atoms with E-state index in [-0.39, 0.29) is 0 Å². The van der Waals surface area contributed by atoms with Gasteiger partial charge >= 0.3 is 0 Å². The highest BCUT2D eigenvalue weighted by Gasteiger charge is 2.43. The lowest BCUT2D eigenvalue weighted by Gasteiger charge is -2.39. The van der Waals surface area contributed by atoms with Gasteiger partial charge in [-0.05, 0) is 43.1 Å². The van der Waals surface area contributed by atoms with E-state index in [1.165, 1.54) is 37.9 Å². The van der Waals surface area contributed by atoms with Crippen LogP contribution >= 0.6 is 0 Å². The van der Waals surface area contributed by atoms with Gasteiger partial charge in [-0.2, -0.15) is 0 Å². The van der Waals surface area contributed by atoms with Crippen molar-refractivity contribution in [1.82, 2.24) is 5.32 Å². The van der Waals surface area contributed by atoms with Crippen LogP contribution in [0.1, 0.15) is 36.3 Å². The molecule has 1 atom stereocenters. The van der Waals surface area contributed by atoms with E-state index in [2.05, 4.69) is 36.5 Å². The van der Waals surface area contributed by atoms with Crippen LogP contribution in [0.3, 0.4) is 0 Å². The molecule has 80 valence electrons. The maximum absolute atomic E-state index is 3.43. The van der Waals surface area contributed by atoms with E-state index in [4.69, 9.17) is 0 Å². The van der Waals surface area contributed by atoms with Gasteiger partial charge in [0, 0.05) is 13.1 Å². The molecule has 1 nitrogen and oxygen atoms in total. The predicted molar refractivity (Wildman–Crippen MR) is 63.1 cm³/mol. The molecule has 1 saturated heterocycles. The number of rotatable bonds is 1. The highest BCUT2D eigenvalue weighted by Crippen LogP contribution is 2.48. The second-order valence-electron chi connectivity index (χ2n) is 5.45. The Morgan fingerprint density at radius 1 is 1.20 bits per heavy atom. The first kappa shape index (κ1) is 9.41. The molecule has 0 bridgehead atoms. The molecule has 2 fully saturated rings. The van der Waals surface area contributed by atoms with Gasteiger partial charge in [-0.3, -0.25) is 0 Å². The van der Waals surface area contributed by atoms with Gasteiger partial charge < -0.3 is 5.32 Å². The molecule has 1 unspecified atom stereocenters. The van der Waals surface area contributed by atoms with Crippen molar-refractivity contribution in [1.29, 1.82) is 0 Å². The van der Waals surface area contributed by atoms with E-state index in [9.17, 15) is 0 Å². The summed E-state index contributed by atoms with van der Waals surface area (Å²) < 4.78 is 0. The average molecular weight is 201 g/mol. The molecule has 2 aliphatic rings. The Bertz CT molecular complexity index is 348. The maximum atomic E-state index is 3.43. The fourth-order valence-electron chi connectivity index (χ4n) is 3.13. The molecular weight excluding hydrogens is 182 g/mol. The van der Waals surface area contributed by atoms with Gasteiger partial charge in [0.2, 0.25) is 0 Å². The van der Waals surface area contributed by atoms with E-state index in [0.717, 1.165) is 5.92 Å². The Kier molecular flexibility index (Phi) is 2.10. The lowest BCUT2D eigenvalue weighted by atomic mass is 9.79. The van der Waals surface area contributed by atoms with Crippen molar-refractivity contribution in [3.63, 3.8) is 0 Å². The molecule has 3 rings (SSSR count). The first-order chi connectivity index (χ1) is 7.27. The van der Waals surface area contributed by atoms with Gasteiger partial charge in [-0.15, -0.1) is 0 Å². The van der Waals surface area contributed by atoms with Crippen molar-refractivity contribution in [3.05, 3.63) is 35.4 Å². The lowest BCUT2D eigenvalue weighted by Crippen LogP contribution is -2.51. The third kappa shape index (κ3) is 1.59. The minimum absolute atomic E-state index is 0.676. The summed E-state index contributed by atoms with van der Waals surface area (Å²) in [5.41, 5.74) is 3.61. The number of aryl methyl sites for hydroxylation is 1. The Labute approximate surface area is 91.9 Å². The Morgan fingerprint density at radius 2 is 1.93 bits per heavy atom. The van der Waals surface area contributed by atoms with Gasteiger partial charge in [0.1, 0.15) is 0 Å². The summed E-state index contributed by atoms with van der Waals surface area (Å²) in [5, 5.41) is 3.43. The smallest absolute Gasteiger partial charge is 0.00204 e. The highest BCUT2D eigenvalue weighted by atomic mass is 15.0. The van der Waals surface area contributed by atoms with Crippen LogP contribution < -0.4 is 5.32 Å². The third-order valence-corrected chi connectivity index (χ3v) is 4.25. The second-order valence-corrected chi connectivity index (χ2v) is 5.45. The molecule has 0 aromatic heterocycles. The van der Waals surface area contributed by atoms with Gasteiger partial charge in [-0.25, -0.2) is 0 Å². The van der Waals surface area contributed by atoms with Crippen LogP contribution in [-0.4, -0.2) is 13.1 Å². The molecule has 1 aromatic rings. The zero-order chi connectivity index (χ0) is 10.3. The molecule has 0 radical (unpaired) electrons. The zero-order valence-electron chi connectivity index (χ0n) is 9.42. The van der Waals surface area contributed by atoms with E-state index in [1.807, 2.05) is 0 Å². The maximum Gasteiger partial charge on any atom is 0.00204 e. The van der Waals surface area contributed by atoms with E-state index in [1.54, 1.807) is 5.56 Å². The van der Waals surface area contributed by atoms with Crippen LogP contribution in [0.4, 0.5) is 0 Å². The Hall–Kier alpha value is -0.820. The van der Waals surface area contributed by atoms with E-state index >= 15 is 0 Å². The predicted octanol–water partition coefficient (Wildman–Crippen LogP) is 2.85. The number of nitrogens with one attached hydrogen (secondary N) is 1. The van der Waals surface area contributed by atoms with Gasteiger partial charge in [0.25, 0.3) is 0 Å². The normalized spacial score (nSPS) is 27.9. The van der Waals surface area contributed by atoms with Crippen LogP contribution in [0.15, 0.2) is 24.3 Å². The minimum Gasteiger partial charge on any atom is -0.316 e. The summed E-state index contributed by atoms with van der Waals surface area (Å²) in [6.07, 6.45) is 4.23. The van der Waals surface area contributed by atoms with Crippen LogP contribution in [0.5, 0.6) is 0 Å². The van der Waals surface area contributed by atoms with Crippen molar-refractivity contribution in [2.45, 2.75) is 32.1 Å². The Balaban J connectivity index is 1.76. The summed E-state index contributed by atoms with van der Waals surface area (Å²) in [6, 6.07) is 9.15. The molecule has 1 N–H and O–H groups in total. The number of benzene rings is 1. The fourth-order valence-corrected chi connectivity index (χ4v) is 3.13. The largest absolute Gasteiger partial charge is 0.316 e. The zero-order valence-corrected chi connectivity index (χ0v) is 9.42. The SMILES string of the molecule is Cc1ccc(C2CCC3(CNC3)C2)cc1. The summed E-state index contributed by atoms with van der Waals surface area (Å²) in [7, 11) is 0. The highest BCUT2D eigenvalue weighted by molar-refractivity contribution is 5.26. The van der Waals surface area contributed by atoms with Crippen molar-refractivity contribution in [2.75, 3.05) is 13.1 Å². The lowest BCUT2D eigenvalue weighted by molar-refractivity contribution is 0.175. The standard InChI is InChI=1S/C14H19N/c1-11-2-4-12(5-3-11)13-6-7-14(8-13)9-15-10-14/h2-5,13,15H,6-10H2,1H3. The molecule has 1 heterocycles. The minimum atomic E-state index is 0.676. The third-order valence-electron chi connectivity index (χ3n) is 4.25. The molecule has 1 saturated carbocycles. The summed E-state index contributed by atoms with van der Waals surface area (Å²) in [5.74, 6) is 0.827. The van der Waals surface area contributed by atoms with Crippen molar-refractivity contribution in [2.24, 2.45) is 5.41 Å². The molecule has 1 aliphatic heterocycles. The van der Waals surface area contributed by atoms with Crippen molar-refractivity contribution in [3.8, 4) is 0 Å². The molecular formula is C14H19N. The summed E-state index contributed by atoms with van der Waals surface area (Å²) in [6.45, 7) is 4.68. The van der Waals surface area contributed by atoms with Crippen LogP contribution in [-0.2, 0) is 0 Å². The average Bonchev–Trinajstić information content (AvgIpc) is 2.63. The van der Waals surface area contributed by atoms with Crippen LogP contribution in [0.2, 0.25) is 0 Å². The van der Waals surface area contributed by atoms with E-state index in [0.29, 0.717) is 5.41 Å². The first-order valence-corrected chi connectivity index (χ1v) is 6.05. The molecule has 0 amide bonds. The number of hydrogen-bond donors (Lipinski definition) is 1. The molecule has 1 aromatic carbocycles. The van der Waals surface area contributed by atoms with Gasteiger partial charge in [0.15, 0.2) is 0 Å². The van der Waals surface area contributed by atoms with Crippen molar-refractivity contribution < 1.29 is 0 Å². The van der Waals surface area contributed by atoms with E-state index < -0.39 is 0 Å². The Morgan fingerprint density at radius 3 is 2.47 bits per heavy atom. The van der Waals surface area contributed by atoms with Crippen LogP contribution in [0.25, 0.3) is 0 Å². The summed E-state index contributed by atoms with van der Waals surface area (Å²) in [4.78, 5) is 0. The van der Waals surface area contributed by atoms with Crippen LogP contribution in [0, 0.1) is 12.3 Å². The summed E-state index contributed by atoms with van der Waals surface area (Å²) >= 11 is 0. The van der Waals surface area contributed by atoms with Gasteiger partial charge in [0.05, 0.1) is 0 Å². The second kappa shape index (κ2) is 3.34. The quantitative estimate of drug-likeness (QED) is 0.736. The molecule has 1 aliphatic carbocycles. The molecule has 1 heteroatoms. The first-order valence-electron chi connectivity index (χ1n) is 6.05. The molecule has 15 heavy (non-hydrogen) atoms. The van der Waals surface area contributed by atoms with Crippen molar-refractivity contribution >= 4 is 0 Å². The molecule has 1 spiro atoms. The fraction of sp³-hybridized carbons (Fsp3) is 0.571. The monoisotopic (exact) mass is 201 g/mol. The topological polar surface area (TPSA) is 12.0 Å².